The second-order valence-electron chi connectivity index (χ2n) is 5.27. The first-order valence-electron chi connectivity index (χ1n) is 7.76. The van der Waals surface area contributed by atoms with Crippen LogP contribution in [0.1, 0.15) is 32.6 Å². The molecule has 0 aliphatic carbocycles. The zero-order valence-corrected chi connectivity index (χ0v) is 12.1. The molecule has 1 rings (SSSR count). The van der Waals surface area contributed by atoms with E-state index in [0.29, 0.717) is 0 Å². The van der Waals surface area contributed by atoms with Crippen LogP contribution in [-0.2, 0) is 0 Å². The summed E-state index contributed by atoms with van der Waals surface area (Å²) in [6, 6.07) is 0. The van der Waals surface area contributed by atoms with Gasteiger partial charge >= 0.3 is 0 Å². The molecule has 0 radical (unpaired) electrons. The summed E-state index contributed by atoms with van der Waals surface area (Å²) in [5, 5.41) is 14.1. The Morgan fingerprint density at radius 1 is 0.778 bits per heavy atom. The van der Waals surface area contributed by atoms with E-state index in [1.807, 2.05) is 0 Å². The molecule has 1 saturated heterocycles. The highest BCUT2D eigenvalue weighted by atomic mass is 15.0. The third kappa shape index (κ3) is 8.86. The van der Waals surface area contributed by atoms with Crippen molar-refractivity contribution in [2.45, 2.75) is 32.6 Å². The highest BCUT2D eigenvalue weighted by Crippen LogP contribution is 2.06. The predicted molar refractivity (Wildman–Crippen MR) is 79.1 cm³/mol. The maximum absolute atomic E-state index is 3.58. The van der Waals surface area contributed by atoms with Gasteiger partial charge in [0.1, 0.15) is 0 Å². The van der Waals surface area contributed by atoms with Crippen molar-refractivity contribution in [1.82, 2.24) is 21.3 Å². The minimum absolute atomic E-state index is 0.785. The molecule has 1 aliphatic heterocycles. The van der Waals surface area contributed by atoms with Crippen molar-refractivity contribution in [3.05, 3.63) is 0 Å². The van der Waals surface area contributed by atoms with Crippen LogP contribution < -0.4 is 21.3 Å². The molecule has 1 heterocycles. The van der Waals surface area contributed by atoms with Gasteiger partial charge in [0.2, 0.25) is 0 Å². The lowest BCUT2D eigenvalue weighted by Gasteiger charge is -2.19. The summed E-state index contributed by atoms with van der Waals surface area (Å²) in [7, 11) is 0. The molecule has 0 aromatic rings. The van der Waals surface area contributed by atoms with Gasteiger partial charge in [0.15, 0.2) is 0 Å². The number of hydrogen-bond acceptors (Lipinski definition) is 4. The average Bonchev–Trinajstić information content (AvgIpc) is 2.39. The van der Waals surface area contributed by atoms with Crippen LogP contribution in [0.15, 0.2) is 0 Å². The summed E-state index contributed by atoms with van der Waals surface area (Å²) in [5.41, 5.74) is 0. The van der Waals surface area contributed by atoms with Gasteiger partial charge in [-0.1, -0.05) is 19.8 Å². The Labute approximate surface area is 113 Å². The van der Waals surface area contributed by atoms with Gasteiger partial charge in [-0.05, 0) is 44.9 Å². The van der Waals surface area contributed by atoms with Gasteiger partial charge in [-0.2, -0.15) is 0 Å². The van der Waals surface area contributed by atoms with Crippen LogP contribution in [0.25, 0.3) is 0 Å². The molecule has 4 nitrogen and oxygen atoms in total. The summed E-state index contributed by atoms with van der Waals surface area (Å²) < 4.78 is 0. The number of nitrogens with one attached hydrogen (secondary N) is 4. The van der Waals surface area contributed by atoms with Crippen LogP contribution in [-0.4, -0.2) is 52.4 Å². The zero-order valence-electron chi connectivity index (χ0n) is 12.1. The van der Waals surface area contributed by atoms with Crippen molar-refractivity contribution < 1.29 is 0 Å². The summed E-state index contributed by atoms with van der Waals surface area (Å²) in [6.07, 6.45) is 5.22. The third-order valence-corrected chi connectivity index (χ3v) is 3.50. The third-order valence-electron chi connectivity index (χ3n) is 3.50. The summed E-state index contributed by atoms with van der Waals surface area (Å²) in [6.45, 7) is 11.2. The Bertz CT molecular complexity index is 161. The van der Waals surface area contributed by atoms with Crippen molar-refractivity contribution >= 4 is 0 Å². The second-order valence-corrected chi connectivity index (χ2v) is 5.27. The molecule has 1 aliphatic rings. The van der Waals surface area contributed by atoms with Crippen molar-refractivity contribution in [3.8, 4) is 0 Å². The molecule has 0 spiro atoms. The molecular formula is C14H32N4. The topological polar surface area (TPSA) is 48.1 Å². The maximum atomic E-state index is 3.58. The van der Waals surface area contributed by atoms with Crippen LogP contribution >= 0.6 is 0 Å². The summed E-state index contributed by atoms with van der Waals surface area (Å²) >= 11 is 0. The number of hydrogen-bond donors (Lipinski definition) is 4. The van der Waals surface area contributed by atoms with Crippen LogP contribution in [0.3, 0.4) is 0 Å². The molecule has 18 heavy (non-hydrogen) atoms. The Hall–Kier alpha value is -0.160. The van der Waals surface area contributed by atoms with E-state index >= 15 is 0 Å². The monoisotopic (exact) mass is 256 g/mol. The van der Waals surface area contributed by atoms with Gasteiger partial charge in [-0.15, -0.1) is 0 Å². The Balaban J connectivity index is 2.20. The lowest BCUT2D eigenvalue weighted by Crippen LogP contribution is -2.38. The quantitative estimate of drug-likeness (QED) is 0.596. The van der Waals surface area contributed by atoms with Crippen LogP contribution in [0.4, 0.5) is 0 Å². The van der Waals surface area contributed by atoms with Crippen molar-refractivity contribution in [2.24, 2.45) is 5.92 Å². The Morgan fingerprint density at radius 3 is 1.89 bits per heavy atom. The zero-order chi connectivity index (χ0) is 12.9. The highest BCUT2D eigenvalue weighted by molar-refractivity contribution is 4.67. The Morgan fingerprint density at radius 2 is 1.33 bits per heavy atom. The maximum Gasteiger partial charge on any atom is 0.00768 e. The lowest BCUT2D eigenvalue weighted by molar-refractivity contribution is 0.400. The van der Waals surface area contributed by atoms with Gasteiger partial charge in [0.05, 0.1) is 0 Å². The molecule has 0 atom stereocenters. The van der Waals surface area contributed by atoms with E-state index in [1.54, 1.807) is 0 Å². The molecule has 0 aromatic carbocycles. The largest absolute Gasteiger partial charge is 0.315 e. The minimum Gasteiger partial charge on any atom is -0.315 e. The van der Waals surface area contributed by atoms with E-state index in [9.17, 15) is 0 Å². The molecule has 1 fully saturated rings. The molecule has 108 valence electrons. The molecule has 0 saturated carbocycles. The van der Waals surface area contributed by atoms with E-state index in [0.717, 1.165) is 58.3 Å². The van der Waals surface area contributed by atoms with E-state index in [2.05, 4.69) is 28.2 Å². The van der Waals surface area contributed by atoms with Gasteiger partial charge in [-0.3, -0.25) is 0 Å². The first-order valence-corrected chi connectivity index (χ1v) is 7.76. The van der Waals surface area contributed by atoms with E-state index in [4.69, 9.17) is 0 Å². The van der Waals surface area contributed by atoms with Crippen molar-refractivity contribution in [1.29, 1.82) is 0 Å². The molecule has 4 heteroatoms. The van der Waals surface area contributed by atoms with Crippen molar-refractivity contribution in [2.75, 3.05) is 52.4 Å². The van der Waals surface area contributed by atoms with Gasteiger partial charge in [0.25, 0.3) is 0 Å². The predicted octanol–water partition coefficient (Wildman–Crippen LogP) is 0.555. The van der Waals surface area contributed by atoms with E-state index in [-0.39, 0.29) is 0 Å². The van der Waals surface area contributed by atoms with Crippen LogP contribution in [0, 0.1) is 5.92 Å². The minimum atomic E-state index is 0.785. The standard InChI is InChI=1S/C14H32N4/c1-2-3-5-14-12-17-10-8-15-6-4-7-16-9-11-18-13-14/h14-18H,2-13H2,1H3. The molecule has 0 bridgehead atoms. The fourth-order valence-corrected chi connectivity index (χ4v) is 2.32. The van der Waals surface area contributed by atoms with Crippen molar-refractivity contribution in [3.63, 3.8) is 0 Å². The van der Waals surface area contributed by atoms with Gasteiger partial charge in [-0.25, -0.2) is 0 Å². The molecular weight excluding hydrogens is 224 g/mol. The first kappa shape index (κ1) is 15.9. The smallest absolute Gasteiger partial charge is 0.00768 e. The average molecular weight is 256 g/mol. The molecule has 0 aromatic heterocycles. The molecule has 0 unspecified atom stereocenters. The van der Waals surface area contributed by atoms with Crippen LogP contribution in [0.5, 0.6) is 0 Å². The normalized spacial score (nSPS) is 22.5. The summed E-state index contributed by atoms with van der Waals surface area (Å²) in [4.78, 5) is 0. The number of rotatable bonds is 3. The second kappa shape index (κ2) is 11.9. The summed E-state index contributed by atoms with van der Waals surface area (Å²) in [5.74, 6) is 0.785. The Kier molecular flexibility index (Phi) is 10.5. The first-order chi connectivity index (χ1) is 8.93. The van der Waals surface area contributed by atoms with Gasteiger partial charge < -0.3 is 21.3 Å². The SMILES string of the molecule is CCCCC1CNCCNCCCNCCNC1. The molecule has 0 amide bonds. The van der Waals surface area contributed by atoms with E-state index < -0.39 is 0 Å². The van der Waals surface area contributed by atoms with Crippen LogP contribution in [0.2, 0.25) is 0 Å². The fourth-order valence-electron chi connectivity index (χ4n) is 2.32. The lowest BCUT2D eigenvalue weighted by atomic mass is 10.0. The van der Waals surface area contributed by atoms with E-state index in [1.165, 1.54) is 25.7 Å². The van der Waals surface area contributed by atoms with Gasteiger partial charge in [0, 0.05) is 26.2 Å². The fraction of sp³-hybridized carbons (Fsp3) is 1.00. The molecule has 4 N–H and O–H groups in total. The highest BCUT2D eigenvalue weighted by Gasteiger charge is 2.07. The number of unbranched alkanes of at least 4 members (excludes halogenated alkanes) is 1.